The van der Waals surface area contributed by atoms with Crippen LogP contribution in [0, 0.1) is 0 Å². The van der Waals surface area contributed by atoms with E-state index in [1.165, 1.54) is 4.90 Å². The molecule has 0 saturated carbocycles. The topological polar surface area (TPSA) is 89.4 Å². The number of pyridine rings is 1. The minimum atomic E-state index is -0.273. The summed E-state index contributed by atoms with van der Waals surface area (Å²) in [5, 5.41) is 7.21. The summed E-state index contributed by atoms with van der Waals surface area (Å²) in [4.78, 5) is 30.5. The van der Waals surface area contributed by atoms with E-state index in [4.69, 9.17) is 4.74 Å². The number of carbonyl (C=O) groups is 2. The van der Waals surface area contributed by atoms with Gasteiger partial charge >= 0.3 is 0 Å². The van der Waals surface area contributed by atoms with E-state index in [1.807, 2.05) is 25.1 Å². The molecule has 3 aromatic rings. The lowest BCUT2D eigenvalue weighted by atomic mass is 10.1. The largest absolute Gasteiger partial charge is 0.482 e. The zero-order chi connectivity index (χ0) is 19.7. The number of fused-ring (bicyclic) bond motifs is 1. The maximum Gasteiger partial charge on any atom is 0.264 e. The highest BCUT2D eigenvalue weighted by molar-refractivity contribution is 6.06. The summed E-state index contributed by atoms with van der Waals surface area (Å²) in [6.07, 6.45) is 3.85. The second kappa shape index (κ2) is 7.15. The monoisotopic (exact) mass is 377 g/mol. The van der Waals surface area contributed by atoms with Crippen LogP contribution < -0.4 is 15.0 Å². The molecule has 0 radical (unpaired) electrons. The predicted molar refractivity (Wildman–Crippen MR) is 104 cm³/mol. The van der Waals surface area contributed by atoms with Crippen molar-refractivity contribution in [2.75, 3.05) is 23.9 Å². The van der Waals surface area contributed by atoms with E-state index in [0.717, 1.165) is 5.69 Å². The molecule has 8 heteroatoms. The third-order valence-electron chi connectivity index (χ3n) is 4.62. The first-order valence-corrected chi connectivity index (χ1v) is 8.91. The summed E-state index contributed by atoms with van der Waals surface area (Å²) in [6, 6.07) is 10.7. The number of hydrogen-bond donors (Lipinski definition) is 1. The SMILES string of the molecule is CCc1c(C(=O)Nc2ccc3c(c2)N(C)C(=O)CO3)cnn1-c1ccccn1. The van der Waals surface area contributed by atoms with Gasteiger partial charge in [-0.05, 0) is 36.8 Å². The van der Waals surface area contributed by atoms with Gasteiger partial charge < -0.3 is 15.0 Å². The molecule has 1 aliphatic heterocycles. The number of carbonyl (C=O) groups excluding carboxylic acids is 2. The fourth-order valence-electron chi connectivity index (χ4n) is 3.13. The van der Waals surface area contributed by atoms with Crippen molar-refractivity contribution in [2.24, 2.45) is 0 Å². The molecule has 0 spiro atoms. The molecule has 3 heterocycles. The third-order valence-corrected chi connectivity index (χ3v) is 4.62. The van der Waals surface area contributed by atoms with Gasteiger partial charge in [-0.2, -0.15) is 5.10 Å². The Kier molecular flexibility index (Phi) is 4.52. The molecule has 1 N–H and O–H groups in total. The van der Waals surface area contributed by atoms with Crippen LogP contribution in [0.2, 0.25) is 0 Å². The Morgan fingerprint density at radius 3 is 2.89 bits per heavy atom. The number of benzene rings is 1. The number of ether oxygens (including phenoxy) is 1. The summed E-state index contributed by atoms with van der Waals surface area (Å²) in [7, 11) is 1.68. The minimum Gasteiger partial charge on any atom is -0.482 e. The number of aromatic nitrogens is 3. The second-order valence-corrected chi connectivity index (χ2v) is 6.34. The Morgan fingerprint density at radius 2 is 2.14 bits per heavy atom. The molecule has 2 amide bonds. The Balaban J connectivity index is 1.61. The lowest BCUT2D eigenvalue weighted by molar-refractivity contribution is -0.120. The molecular weight excluding hydrogens is 358 g/mol. The molecule has 2 aromatic heterocycles. The number of anilines is 2. The van der Waals surface area contributed by atoms with Gasteiger partial charge in [0.1, 0.15) is 5.75 Å². The highest BCUT2D eigenvalue weighted by Crippen LogP contribution is 2.33. The van der Waals surface area contributed by atoms with Crippen molar-refractivity contribution in [2.45, 2.75) is 13.3 Å². The quantitative estimate of drug-likeness (QED) is 0.754. The summed E-state index contributed by atoms with van der Waals surface area (Å²) in [5.74, 6) is 0.854. The van der Waals surface area contributed by atoms with Crippen molar-refractivity contribution in [1.82, 2.24) is 14.8 Å². The number of amides is 2. The number of nitrogens with one attached hydrogen (secondary N) is 1. The van der Waals surface area contributed by atoms with Crippen LogP contribution in [-0.4, -0.2) is 40.2 Å². The molecule has 8 nitrogen and oxygen atoms in total. The average molecular weight is 377 g/mol. The fraction of sp³-hybridized carbons (Fsp3) is 0.200. The van der Waals surface area contributed by atoms with Gasteiger partial charge in [0.2, 0.25) is 0 Å². The van der Waals surface area contributed by atoms with Gasteiger partial charge in [0.25, 0.3) is 11.8 Å². The highest BCUT2D eigenvalue weighted by Gasteiger charge is 2.23. The van der Waals surface area contributed by atoms with Gasteiger partial charge in [0.05, 0.1) is 23.1 Å². The zero-order valence-electron chi connectivity index (χ0n) is 15.5. The molecule has 0 saturated heterocycles. The molecule has 0 unspecified atom stereocenters. The van der Waals surface area contributed by atoms with Crippen molar-refractivity contribution in [3.05, 3.63) is 60.0 Å². The fourth-order valence-corrected chi connectivity index (χ4v) is 3.13. The van der Waals surface area contributed by atoms with E-state index in [0.29, 0.717) is 34.9 Å². The molecule has 4 rings (SSSR count). The van der Waals surface area contributed by atoms with Gasteiger partial charge in [-0.3, -0.25) is 9.59 Å². The summed E-state index contributed by atoms with van der Waals surface area (Å²) >= 11 is 0. The Labute approximate surface area is 161 Å². The van der Waals surface area contributed by atoms with Crippen molar-refractivity contribution < 1.29 is 14.3 Å². The summed E-state index contributed by atoms with van der Waals surface area (Å²) in [6.45, 7) is 1.98. The van der Waals surface area contributed by atoms with Gasteiger partial charge in [-0.15, -0.1) is 0 Å². The van der Waals surface area contributed by atoms with Gasteiger partial charge in [-0.1, -0.05) is 13.0 Å². The normalized spacial score (nSPS) is 13.1. The van der Waals surface area contributed by atoms with Gasteiger partial charge in [-0.25, -0.2) is 9.67 Å². The van der Waals surface area contributed by atoms with E-state index in [9.17, 15) is 9.59 Å². The van der Waals surface area contributed by atoms with Crippen molar-refractivity contribution in [1.29, 1.82) is 0 Å². The molecule has 1 aromatic carbocycles. The smallest absolute Gasteiger partial charge is 0.264 e. The van der Waals surface area contributed by atoms with Gasteiger partial charge in [0, 0.05) is 18.9 Å². The number of rotatable bonds is 4. The minimum absolute atomic E-state index is 0.0156. The molecule has 1 aliphatic rings. The predicted octanol–water partition coefficient (Wildman–Crippen LogP) is 2.44. The van der Waals surface area contributed by atoms with Crippen LogP contribution in [0.15, 0.2) is 48.8 Å². The van der Waals surface area contributed by atoms with Crippen LogP contribution in [0.1, 0.15) is 23.0 Å². The molecule has 142 valence electrons. The molecule has 0 fully saturated rings. The van der Waals surface area contributed by atoms with Crippen LogP contribution in [0.5, 0.6) is 5.75 Å². The first kappa shape index (κ1) is 17.7. The zero-order valence-corrected chi connectivity index (χ0v) is 15.5. The van der Waals surface area contributed by atoms with E-state index in [-0.39, 0.29) is 18.4 Å². The molecular formula is C20H19N5O3. The van der Waals surface area contributed by atoms with E-state index >= 15 is 0 Å². The molecule has 0 atom stereocenters. The number of likely N-dealkylation sites (N-methyl/N-ethyl adjacent to an activating group) is 1. The van der Waals surface area contributed by atoms with Crippen LogP contribution in [0.3, 0.4) is 0 Å². The van der Waals surface area contributed by atoms with E-state index in [1.54, 1.807) is 42.3 Å². The first-order valence-electron chi connectivity index (χ1n) is 8.91. The molecule has 28 heavy (non-hydrogen) atoms. The Bertz CT molecular complexity index is 1050. The van der Waals surface area contributed by atoms with Crippen LogP contribution >= 0.6 is 0 Å². The van der Waals surface area contributed by atoms with Crippen molar-refractivity contribution >= 4 is 23.2 Å². The standard InChI is InChI=1S/C20H19N5O3/c1-3-15-14(11-22-25(15)18-6-4-5-9-21-18)20(27)23-13-7-8-17-16(10-13)24(2)19(26)12-28-17/h4-11H,3,12H2,1-2H3,(H,23,27). The maximum absolute atomic E-state index is 12.9. The Morgan fingerprint density at radius 1 is 1.29 bits per heavy atom. The maximum atomic E-state index is 12.9. The van der Waals surface area contributed by atoms with Crippen molar-refractivity contribution in [3.8, 4) is 11.6 Å². The lowest BCUT2D eigenvalue weighted by Crippen LogP contribution is -2.35. The van der Waals surface area contributed by atoms with Crippen LogP contribution in [-0.2, 0) is 11.2 Å². The molecule has 0 aliphatic carbocycles. The first-order chi connectivity index (χ1) is 13.6. The van der Waals surface area contributed by atoms with Gasteiger partial charge in [0.15, 0.2) is 12.4 Å². The lowest BCUT2D eigenvalue weighted by Gasteiger charge is -2.26. The highest BCUT2D eigenvalue weighted by atomic mass is 16.5. The van der Waals surface area contributed by atoms with Crippen LogP contribution in [0.25, 0.3) is 5.82 Å². The summed E-state index contributed by atoms with van der Waals surface area (Å²) < 4.78 is 7.08. The number of hydrogen-bond acceptors (Lipinski definition) is 5. The second-order valence-electron chi connectivity index (χ2n) is 6.34. The Hall–Kier alpha value is -3.68. The van der Waals surface area contributed by atoms with Crippen molar-refractivity contribution in [3.63, 3.8) is 0 Å². The van der Waals surface area contributed by atoms with Crippen LogP contribution in [0.4, 0.5) is 11.4 Å². The van der Waals surface area contributed by atoms with E-state index < -0.39 is 0 Å². The van der Waals surface area contributed by atoms with E-state index in [2.05, 4.69) is 15.4 Å². The average Bonchev–Trinajstić information content (AvgIpc) is 3.16. The third kappa shape index (κ3) is 3.09. The number of nitrogens with zero attached hydrogens (tertiary/aromatic N) is 4. The summed E-state index contributed by atoms with van der Waals surface area (Å²) in [5.41, 5.74) is 2.44. The molecule has 0 bridgehead atoms.